The number of halogens is 2. The number of hydrogen-bond donors (Lipinski definition) is 0. The number of azide groups is 1. The molecule has 0 fully saturated rings. The Morgan fingerprint density at radius 3 is 2.67 bits per heavy atom. The molecule has 0 bridgehead atoms. The molecule has 1 aromatic carbocycles. The fraction of sp³-hybridized carbons (Fsp3) is 0.467. The monoisotopic (exact) mass is 373 g/mol. The van der Waals surface area contributed by atoms with E-state index in [-0.39, 0.29) is 11.1 Å². The van der Waals surface area contributed by atoms with E-state index in [1.807, 2.05) is 6.92 Å². The summed E-state index contributed by atoms with van der Waals surface area (Å²) in [6.45, 7) is 5.40. The zero-order valence-electron chi connectivity index (χ0n) is 13.5. The highest BCUT2D eigenvalue weighted by Gasteiger charge is 2.24. The van der Waals surface area contributed by atoms with Gasteiger partial charge in [-0.05, 0) is 43.0 Å². The number of ether oxygens (including phenoxy) is 1. The zero-order valence-corrected chi connectivity index (χ0v) is 15.0. The summed E-state index contributed by atoms with van der Waals surface area (Å²) >= 11 is 7.10. The van der Waals surface area contributed by atoms with Gasteiger partial charge in [-0.2, -0.15) is 0 Å². The molecule has 0 N–H and O–H groups in total. The van der Waals surface area contributed by atoms with Crippen LogP contribution in [0.5, 0.6) is 0 Å². The number of benzene rings is 1. The molecule has 1 rings (SSSR count). The number of rotatable bonds is 7. The van der Waals surface area contributed by atoms with Gasteiger partial charge in [0.15, 0.2) is 0 Å². The van der Waals surface area contributed by atoms with Crippen LogP contribution in [0.25, 0.3) is 10.4 Å². The van der Waals surface area contributed by atoms with Crippen molar-refractivity contribution in [2.75, 3.05) is 0 Å². The van der Waals surface area contributed by atoms with E-state index in [1.54, 1.807) is 13.8 Å². The summed E-state index contributed by atoms with van der Waals surface area (Å²) in [6, 6.07) is 2.14. The summed E-state index contributed by atoms with van der Waals surface area (Å²) in [6.07, 6.45) is 1.00. The van der Waals surface area contributed by atoms with Crippen molar-refractivity contribution in [2.24, 2.45) is 5.11 Å². The number of carbonyl (C=O) groups is 2. The van der Waals surface area contributed by atoms with Crippen molar-refractivity contribution in [3.63, 3.8) is 0 Å². The molecule has 1 aromatic rings. The summed E-state index contributed by atoms with van der Waals surface area (Å²) in [7, 11) is 0. The fourth-order valence-electron chi connectivity index (χ4n) is 1.83. The second-order valence-electron chi connectivity index (χ2n) is 5.14. The standard InChI is InChI=1S/C15H17ClFN3O3S/c1-4-5-12(15(22)23-8(2)3)24-13-6-9(14(21)19-20-18)11(17)7-10(13)16/h6-8,12H,4-5H2,1-3H3. The topological polar surface area (TPSA) is 92.1 Å². The van der Waals surface area contributed by atoms with Gasteiger partial charge in [-0.3, -0.25) is 9.59 Å². The Morgan fingerprint density at radius 2 is 2.12 bits per heavy atom. The molecule has 1 unspecified atom stereocenters. The third-order valence-electron chi connectivity index (χ3n) is 2.82. The lowest BCUT2D eigenvalue weighted by atomic mass is 10.2. The van der Waals surface area contributed by atoms with E-state index in [2.05, 4.69) is 10.0 Å². The zero-order chi connectivity index (χ0) is 18.3. The Balaban J connectivity index is 3.14. The summed E-state index contributed by atoms with van der Waals surface area (Å²) < 4.78 is 19.0. The second kappa shape index (κ2) is 9.52. The third kappa shape index (κ3) is 5.70. The molecule has 24 heavy (non-hydrogen) atoms. The largest absolute Gasteiger partial charge is 0.462 e. The first-order valence-electron chi connectivity index (χ1n) is 7.25. The predicted molar refractivity (Wildman–Crippen MR) is 90.7 cm³/mol. The molecule has 0 aromatic heterocycles. The van der Waals surface area contributed by atoms with E-state index in [0.29, 0.717) is 11.3 Å². The lowest BCUT2D eigenvalue weighted by Crippen LogP contribution is -2.23. The van der Waals surface area contributed by atoms with Crippen LogP contribution in [0.3, 0.4) is 0 Å². The Labute approximate surface area is 148 Å². The van der Waals surface area contributed by atoms with Gasteiger partial charge >= 0.3 is 5.97 Å². The molecular formula is C15H17ClFN3O3S. The van der Waals surface area contributed by atoms with Crippen LogP contribution < -0.4 is 0 Å². The Kier molecular flexibility index (Phi) is 8.04. The maximum Gasteiger partial charge on any atom is 0.319 e. The average molecular weight is 374 g/mol. The SMILES string of the molecule is CCCC(Sc1cc(C(=O)N=[N+]=[N-])c(F)cc1Cl)C(=O)OC(C)C. The molecule has 0 saturated carbocycles. The number of hydrogen-bond acceptors (Lipinski definition) is 4. The highest BCUT2D eigenvalue weighted by atomic mass is 35.5. The first-order valence-corrected chi connectivity index (χ1v) is 8.51. The number of amides is 1. The average Bonchev–Trinajstić information content (AvgIpc) is 2.48. The second-order valence-corrected chi connectivity index (χ2v) is 6.79. The summed E-state index contributed by atoms with van der Waals surface area (Å²) in [5.41, 5.74) is 7.91. The smallest absolute Gasteiger partial charge is 0.319 e. The van der Waals surface area contributed by atoms with Gasteiger partial charge in [0.05, 0.1) is 16.7 Å². The summed E-state index contributed by atoms with van der Waals surface area (Å²) in [4.78, 5) is 26.5. The van der Waals surface area contributed by atoms with Crippen LogP contribution in [-0.2, 0) is 9.53 Å². The van der Waals surface area contributed by atoms with Crippen LogP contribution in [0.4, 0.5) is 4.39 Å². The number of esters is 1. The molecular weight excluding hydrogens is 357 g/mol. The van der Waals surface area contributed by atoms with Gasteiger partial charge in [-0.1, -0.05) is 24.9 Å². The Bertz CT molecular complexity index is 678. The van der Waals surface area contributed by atoms with Crippen molar-refractivity contribution < 1.29 is 18.7 Å². The van der Waals surface area contributed by atoms with Gasteiger partial charge < -0.3 is 4.74 Å². The molecule has 130 valence electrons. The Morgan fingerprint density at radius 1 is 1.46 bits per heavy atom. The fourth-order valence-corrected chi connectivity index (χ4v) is 3.28. The van der Waals surface area contributed by atoms with Crippen LogP contribution in [0, 0.1) is 5.82 Å². The minimum Gasteiger partial charge on any atom is -0.462 e. The first kappa shape index (κ1) is 20.3. The minimum atomic E-state index is -1.05. The van der Waals surface area contributed by atoms with E-state index >= 15 is 0 Å². The highest BCUT2D eigenvalue weighted by Crippen LogP contribution is 2.35. The van der Waals surface area contributed by atoms with Crippen molar-refractivity contribution >= 4 is 35.2 Å². The molecule has 1 atom stereocenters. The number of carbonyl (C=O) groups excluding carboxylic acids is 2. The van der Waals surface area contributed by atoms with Crippen molar-refractivity contribution in [1.82, 2.24) is 0 Å². The van der Waals surface area contributed by atoms with E-state index in [1.165, 1.54) is 6.07 Å². The molecule has 0 radical (unpaired) electrons. The lowest BCUT2D eigenvalue weighted by Gasteiger charge is -2.18. The van der Waals surface area contributed by atoms with Gasteiger partial charge in [0.25, 0.3) is 5.91 Å². The molecule has 6 nitrogen and oxygen atoms in total. The number of thioether (sulfide) groups is 1. The molecule has 0 aliphatic carbocycles. The van der Waals surface area contributed by atoms with E-state index in [4.69, 9.17) is 21.9 Å². The van der Waals surface area contributed by atoms with Crippen molar-refractivity contribution in [3.8, 4) is 0 Å². The first-order chi connectivity index (χ1) is 11.3. The number of nitrogens with zero attached hydrogens (tertiary/aromatic N) is 3. The molecule has 0 aliphatic heterocycles. The van der Waals surface area contributed by atoms with E-state index in [9.17, 15) is 14.0 Å². The molecule has 9 heteroatoms. The van der Waals surface area contributed by atoms with Crippen LogP contribution in [0.15, 0.2) is 22.1 Å². The molecule has 0 saturated heterocycles. The third-order valence-corrected chi connectivity index (χ3v) is 4.55. The normalized spacial score (nSPS) is 11.8. The van der Waals surface area contributed by atoms with Crippen LogP contribution in [0.1, 0.15) is 44.0 Å². The molecule has 0 aliphatic rings. The minimum absolute atomic E-state index is 0.0634. The predicted octanol–water partition coefficient (Wildman–Crippen LogP) is 5.14. The van der Waals surface area contributed by atoms with Gasteiger partial charge in [-0.15, -0.1) is 11.8 Å². The molecule has 1 amide bonds. The molecule has 0 spiro atoms. The maximum atomic E-state index is 13.8. The van der Waals surface area contributed by atoms with Crippen LogP contribution in [0.2, 0.25) is 5.02 Å². The highest BCUT2D eigenvalue weighted by molar-refractivity contribution is 8.00. The van der Waals surface area contributed by atoms with E-state index in [0.717, 1.165) is 24.2 Å². The van der Waals surface area contributed by atoms with Gasteiger partial charge in [0, 0.05) is 9.81 Å². The van der Waals surface area contributed by atoms with E-state index < -0.39 is 28.5 Å². The van der Waals surface area contributed by atoms with Gasteiger partial charge in [0.2, 0.25) is 0 Å². The lowest BCUT2D eigenvalue weighted by molar-refractivity contribution is -0.146. The quantitative estimate of drug-likeness (QED) is 0.217. The van der Waals surface area contributed by atoms with Crippen LogP contribution in [-0.4, -0.2) is 23.2 Å². The van der Waals surface area contributed by atoms with Gasteiger partial charge in [0.1, 0.15) is 11.1 Å². The van der Waals surface area contributed by atoms with Crippen LogP contribution >= 0.6 is 23.4 Å². The summed E-state index contributed by atoms with van der Waals surface area (Å²) in [5.74, 6) is -2.34. The summed E-state index contributed by atoms with van der Waals surface area (Å²) in [5, 5.41) is 2.40. The van der Waals surface area contributed by atoms with Gasteiger partial charge in [-0.25, -0.2) is 4.39 Å². The Hall–Kier alpha value is -1.76. The maximum absolute atomic E-state index is 13.8. The van der Waals surface area contributed by atoms with Crippen molar-refractivity contribution in [2.45, 2.75) is 49.9 Å². The molecule has 0 heterocycles. The van der Waals surface area contributed by atoms with Crippen molar-refractivity contribution in [1.29, 1.82) is 0 Å². The van der Waals surface area contributed by atoms with Crippen molar-refractivity contribution in [3.05, 3.63) is 39.0 Å².